The summed E-state index contributed by atoms with van der Waals surface area (Å²) in [7, 11) is 0. The average molecular weight is 401 g/mol. The Labute approximate surface area is 155 Å². The van der Waals surface area contributed by atoms with Gasteiger partial charge in [-0.1, -0.05) is 42.5 Å². The zero-order chi connectivity index (χ0) is 20.1. The molecule has 3 nitrogen and oxygen atoms in total. The monoisotopic (exact) mass is 401 g/mol. The Morgan fingerprint density at radius 3 is 1.71 bits per heavy atom. The second-order valence-electron chi connectivity index (χ2n) is 7.45. The van der Waals surface area contributed by atoms with Crippen LogP contribution in [0.25, 0.3) is 0 Å². The molecule has 0 N–H and O–H groups in total. The minimum absolute atomic E-state index is 0.0389. The normalized spacial score (nSPS) is 40.4. The number of rotatable bonds is 1. The van der Waals surface area contributed by atoms with Crippen molar-refractivity contribution in [2.75, 3.05) is 0 Å². The number of nitrogens with zero attached hydrogens (tertiary/aromatic N) is 1. The van der Waals surface area contributed by atoms with Crippen LogP contribution in [0, 0.1) is 10.8 Å². The molecule has 1 aromatic rings. The van der Waals surface area contributed by atoms with E-state index in [4.69, 9.17) is 4.74 Å². The average Bonchev–Trinajstić information content (AvgIpc) is 3.37. The number of benzene rings is 1. The molecule has 0 spiro atoms. The third-order valence-electron chi connectivity index (χ3n) is 6.54. The minimum Gasteiger partial charge on any atom is -0.365 e. The molecule has 5 rings (SSSR count). The second-order valence-corrected chi connectivity index (χ2v) is 7.45. The Morgan fingerprint density at radius 2 is 1.29 bits per heavy atom. The maximum Gasteiger partial charge on any atom is 0.400 e. The highest BCUT2D eigenvalue weighted by atomic mass is 19.4. The molecule has 4 bridgehead atoms. The molecule has 0 saturated carbocycles. The van der Waals surface area contributed by atoms with Gasteiger partial charge in [-0.05, 0) is 12.1 Å². The molecule has 6 atom stereocenters. The van der Waals surface area contributed by atoms with Crippen LogP contribution in [0.1, 0.15) is 10.4 Å². The van der Waals surface area contributed by atoms with Gasteiger partial charge in [0, 0.05) is 5.56 Å². The number of carbonyl (C=O) groups excluding carboxylic acids is 1. The number of carbonyl (C=O) groups is 1. The largest absolute Gasteiger partial charge is 0.400 e. The predicted molar refractivity (Wildman–Crippen MR) is 84.1 cm³/mol. The van der Waals surface area contributed by atoms with Crippen molar-refractivity contribution in [3.05, 3.63) is 60.2 Å². The van der Waals surface area contributed by atoms with Crippen molar-refractivity contribution in [1.29, 1.82) is 0 Å². The minimum atomic E-state index is -5.24. The molecule has 0 aromatic heterocycles. The van der Waals surface area contributed by atoms with Crippen LogP contribution in [0.4, 0.5) is 26.3 Å². The number of amides is 1. The number of ether oxygens (including phenoxy) is 1. The lowest BCUT2D eigenvalue weighted by atomic mass is 9.52. The SMILES string of the molecule is O=C(c1ccccc1)N1[C@H]2C=C[C@@H]1[C@@]1(C(F)(F)F)[C@@H]3C=C[C@@H](O3)[C@@]21C(F)(F)F. The molecular formula is C19H13F6NO2. The molecule has 9 heteroatoms. The molecule has 4 heterocycles. The van der Waals surface area contributed by atoms with Crippen molar-refractivity contribution in [3.63, 3.8) is 0 Å². The third kappa shape index (κ3) is 1.63. The lowest BCUT2D eigenvalue weighted by Gasteiger charge is -2.49. The highest BCUT2D eigenvalue weighted by Gasteiger charge is 2.94. The van der Waals surface area contributed by atoms with Gasteiger partial charge in [-0.25, -0.2) is 0 Å². The highest BCUT2D eigenvalue weighted by molar-refractivity contribution is 5.96. The fraction of sp³-hybridized carbons (Fsp3) is 0.421. The van der Waals surface area contributed by atoms with Gasteiger partial charge in [-0.3, -0.25) is 4.79 Å². The predicted octanol–water partition coefficient (Wildman–Crippen LogP) is 3.88. The number of hydrogen-bond donors (Lipinski definition) is 0. The Bertz CT molecular complexity index is 861. The van der Waals surface area contributed by atoms with Gasteiger partial charge in [-0.15, -0.1) is 0 Å². The summed E-state index contributed by atoms with van der Waals surface area (Å²) in [6, 6.07) is 3.77. The molecule has 0 radical (unpaired) electrons. The van der Waals surface area contributed by atoms with Crippen molar-refractivity contribution < 1.29 is 35.9 Å². The molecule has 4 aliphatic heterocycles. The quantitative estimate of drug-likeness (QED) is 0.528. The molecule has 0 unspecified atom stereocenters. The van der Waals surface area contributed by atoms with E-state index < -0.39 is 53.4 Å². The summed E-state index contributed by atoms with van der Waals surface area (Å²) in [6.45, 7) is 0. The topological polar surface area (TPSA) is 29.5 Å². The summed E-state index contributed by atoms with van der Waals surface area (Å²) >= 11 is 0. The summed E-state index contributed by atoms with van der Waals surface area (Å²) in [5, 5.41) is 0. The lowest BCUT2D eigenvalue weighted by molar-refractivity contribution is -0.327. The van der Waals surface area contributed by atoms with Crippen LogP contribution in [0.5, 0.6) is 0 Å². The first-order valence-corrected chi connectivity index (χ1v) is 8.61. The maximum absolute atomic E-state index is 14.5. The molecule has 2 saturated heterocycles. The first-order chi connectivity index (χ1) is 13.1. The van der Waals surface area contributed by atoms with E-state index >= 15 is 0 Å². The molecule has 0 aliphatic carbocycles. The number of halogens is 6. The van der Waals surface area contributed by atoms with Gasteiger partial charge in [0.25, 0.3) is 5.91 Å². The second kappa shape index (κ2) is 5.00. The number of fused-ring (bicyclic) bond motifs is 9. The van der Waals surface area contributed by atoms with E-state index in [1.165, 1.54) is 24.3 Å². The van der Waals surface area contributed by atoms with Gasteiger partial charge in [0.15, 0.2) is 0 Å². The van der Waals surface area contributed by atoms with Gasteiger partial charge in [0.1, 0.15) is 10.8 Å². The Kier molecular flexibility index (Phi) is 3.18. The van der Waals surface area contributed by atoms with Crippen LogP contribution in [-0.2, 0) is 4.74 Å². The third-order valence-corrected chi connectivity index (χ3v) is 6.54. The molecular weight excluding hydrogens is 388 g/mol. The van der Waals surface area contributed by atoms with Crippen molar-refractivity contribution >= 4 is 5.91 Å². The van der Waals surface area contributed by atoms with Crippen LogP contribution >= 0.6 is 0 Å². The Hall–Kier alpha value is -2.29. The van der Waals surface area contributed by atoms with E-state index in [0.717, 1.165) is 29.2 Å². The summed E-state index contributed by atoms with van der Waals surface area (Å²) in [4.78, 5) is 13.7. The molecule has 148 valence electrons. The van der Waals surface area contributed by atoms with E-state index in [1.54, 1.807) is 6.07 Å². The van der Waals surface area contributed by atoms with Gasteiger partial charge < -0.3 is 9.64 Å². The van der Waals surface area contributed by atoms with Crippen LogP contribution in [0.3, 0.4) is 0 Å². The zero-order valence-corrected chi connectivity index (χ0v) is 14.0. The van der Waals surface area contributed by atoms with E-state index in [0.29, 0.717) is 0 Å². The smallest absolute Gasteiger partial charge is 0.365 e. The summed E-state index contributed by atoms with van der Waals surface area (Å²) in [6.07, 6.45) is -9.86. The lowest BCUT2D eigenvalue weighted by Crippen LogP contribution is -2.67. The summed E-state index contributed by atoms with van der Waals surface area (Å²) in [5.41, 5.74) is -6.51. The zero-order valence-electron chi connectivity index (χ0n) is 14.0. The van der Waals surface area contributed by atoms with E-state index in [2.05, 4.69) is 0 Å². The first kappa shape index (κ1) is 17.8. The van der Waals surface area contributed by atoms with E-state index in [-0.39, 0.29) is 5.56 Å². The van der Waals surface area contributed by atoms with Crippen LogP contribution < -0.4 is 0 Å². The fourth-order valence-electron chi connectivity index (χ4n) is 5.69. The fourth-order valence-corrected chi connectivity index (χ4v) is 5.69. The Morgan fingerprint density at radius 1 is 0.821 bits per heavy atom. The highest BCUT2D eigenvalue weighted by Crippen LogP contribution is 2.78. The van der Waals surface area contributed by atoms with Crippen molar-refractivity contribution in [3.8, 4) is 0 Å². The molecule has 1 amide bonds. The van der Waals surface area contributed by atoms with Gasteiger partial charge >= 0.3 is 12.4 Å². The maximum atomic E-state index is 14.5. The summed E-state index contributed by atoms with van der Waals surface area (Å²) in [5.74, 6) is -0.860. The summed E-state index contributed by atoms with van der Waals surface area (Å²) < 4.78 is 91.9. The van der Waals surface area contributed by atoms with E-state index in [9.17, 15) is 31.1 Å². The van der Waals surface area contributed by atoms with Crippen LogP contribution in [0.2, 0.25) is 0 Å². The van der Waals surface area contributed by atoms with Crippen LogP contribution in [-0.4, -0.2) is 47.5 Å². The first-order valence-electron chi connectivity index (χ1n) is 8.61. The standard InChI is InChI=1S/C19H13F6NO2/c20-18(21,22)16-11-6-7-12(26(11)15(27)10-4-2-1-3-5-10)17(16,19(23,24)25)14-9-8-13(16)28-14/h1-9,11-14H/t11-,12+,13+,14-,16-,17+. The van der Waals surface area contributed by atoms with Crippen molar-refractivity contribution in [2.45, 2.75) is 36.6 Å². The van der Waals surface area contributed by atoms with Gasteiger partial charge in [-0.2, -0.15) is 26.3 Å². The van der Waals surface area contributed by atoms with Crippen molar-refractivity contribution in [2.24, 2.45) is 10.8 Å². The van der Waals surface area contributed by atoms with Gasteiger partial charge in [0.2, 0.25) is 0 Å². The van der Waals surface area contributed by atoms with Gasteiger partial charge in [0.05, 0.1) is 24.3 Å². The number of hydrogen-bond acceptors (Lipinski definition) is 2. The molecule has 1 aromatic carbocycles. The Balaban J connectivity index is 1.76. The molecule has 28 heavy (non-hydrogen) atoms. The van der Waals surface area contributed by atoms with E-state index in [1.807, 2.05) is 0 Å². The van der Waals surface area contributed by atoms with Crippen LogP contribution in [0.15, 0.2) is 54.6 Å². The molecule has 4 aliphatic rings. The number of alkyl halides is 6. The van der Waals surface area contributed by atoms with Crippen molar-refractivity contribution in [1.82, 2.24) is 4.90 Å². The molecule has 2 fully saturated rings.